The highest BCUT2D eigenvalue weighted by molar-refractivity contribution is 5.94. The van der Waals surface area contributed by atoms with E-state index in [4.69, 9.17) is 4.42 Å². The molecule has 2 amide bonds. The predicted octanol–water partition coefficient (Wildman–Crippen LogP) is 4.03. The standard InChI is InChI=1S/C28H35N5O4/c1-16(18-8-9-18)30-25(34)23-13-22(32-33(23)15-28(3,4)36)20-6-5-7-21(12-20)27-29-14-24(37-27)26(35)31-17(2)19-10-11-19/h5-7,12-14,16-19,36H,8-11,15H2,1-4H3,(H,30,34)(H,31,35). The minimum absolute atomic E-state index is 0.0912. The van der Waals surface area contributed by atoms with Crippen LogP contribution in [-0.4, -0.2) is 49.4 Å². The minimum atomic E-state index is -1.05. The SMILES string of the molecule is CC(NC(=O)c1cnc(-c2cccc(-c3cc(C(=O)NC(C)C4CC4)n(CC(C)(C)O)n3)c2)o1)C1CC1. The molecule has 3 aromatic rings. The molecule has 2 unspecified atom stereocenters. The summed E-state index contributed by atoms with van der Waals surface area (Å²) in [6.07, 6.45) is 5.99. The number of carbonyl (C=O) groups excluding carboxylic acids is 2. The molecule has 37 heavy (non-hydrogen) atoms. The van der Waals surface area contributed by atoms with Gasteiger partial charge in [-0.15, -0.1) is 0 Å². The number of aliphatic hydroxyl groups is 1. The highest BCUT2D eigenvalue weighted by Crippen LogP contribution is 2.33. The Bertz CT molecular complexity index is 1300. The molecule has 2 heterocycles. The molecule has 0 aliphatic heterocycles. The predicted molar refractivity (Wildman–Crippen MR) is 139 cm³/mol. The quantitative estimate of drug-likeness (QED) is 0.382. The Balaban J connectivity index is 1.38. The zero-order valence-corrected chi connectivity index (χ0v) is 21.8. The van der Waals surface area contributed by atoms with Crippen LogP contribution in [0.1, 0.15) is 74.4 Å². The molecule has 3 N–H and O–H groups in total. The van der Waals surface area contributed by atoms with Crippen LogP contribution in [-0.2, 0) is 6.54 Å². The maximum atomic E-state index is 13.1. The van der Waals surface area contributed by atoms with Gasteiger partial charge in [0.1, 0.15) is 5.69 Å². The van der Waals surface area contributed by atoms with Gasteiger partial charge in [-0.2, -0.15) is 5.10 Å². The van der Waals surface area contributed by atoms with Crippen molar-refractivity contribution in [2.24, 2.45) is 11.8 Å². The van der Waals surface area contributed by atoms with E-state index in [1.165, 1.54) is 6.20 Å². The number of hydrogen-bond donors (Lipinski definition) is 3. The molecule has 2 fully saturated rings. The van der Waals surface area contributed by atoms with Gasteiger partial charge < -0.3 is 20.2 Å². The number of carbonyl (C=O) groups is 2. The first-order valence-corrected chi connectivity index (χ1v) is 13.1. The molecule has 0 radical (unpaired) electrons. The molecule has 9 nitrogen and oxygen atoms in total. The summed E-state index contributed by atoms with van der Waals surface area (Å²) >= 11 is 0. The van der Waals surface area contributed by atoms with Crippen molar-refractivity contribution in [2.75, 3.05) is 0 Å². The average molecular weight is 506 g/mol. The Morgan fingerprint density at radius 1 is 1.05 bits per heavy atom. The number of oxazole rings is 1. The minimum Gasteiger partial charge on any atom is -0.431 e. The summed E-state index contributed by atoms with van der Waals surface area (Å²) in [4.78, 5) is 30.0. The van der Waals surface area contributed by atoms with Crippen molar-refractivity contribution < 1.29 is 19.1 Å². The van der Waals surface area contributed by atoms with Gasteiger partial charge in [-0.05, 0) is 83.4 Å². The van der Waals surface area contributed by atoms with Crippen LogP contribution in [0.25, 0.3) is 22.7 Å². The third-order valence-electron chi connectivity index (χ3n) is 7.06. The van der Waals surface area contributed by atoms with Crippen LogP contribution in [0.2, 0.25) is 0 Å². The van der Waals surface area contributed by atoms with E-state index in [9.17, 15) is 14.7 Å². The molecule has 1 aromatic carbocycles. The summed E-state index contributed by atoms with van der Waals surface area (Å²) in [6.45, 7) is 7.57. The molecule has 0 saturated heterocycles. The van der Waals surface area contributed by atoms with Crippen LogP contribution in [0.5, 0.6) is 0 Å². The Labute approximate surface area is 216 Å². The first-order chi connectivity index (χ1) is 17.6. The molecule has 5 rings (SSSR count). The van der Waals surface area contributed by atoms with Crippen molar-refractivity contribution in [2.45, 2.75) is 77.6 Å². The highest BCUT2D eigenvalue weighted by atomic mass is 16.4. The lowest BCUT2D eigenvalue weighted by Crippen LogP contribution is -2.37. The highest BCUT2D eigenvalue weighted by Gasteiger charge is 2.31. The molecule has 2 aliphatic carbocycles. The number of nitrogens with zero attached hydrogens (tertiary/aromatic N) is 3. The van der Waals surface area contributed by atoms with Crippen LogP contribution >= 0.6 is 0 Å². The van der Waals surface area contributed by atoms with Crippen LogP contribution in [0.15, 0.2) is 40.9 Å². The third kappa shape index (κ3) is 6.10. The smallest absolute Gasteiger partial charge is 0.288 e. The van der Waals surface area contributed by atoms with Crippen molar-refractivity contribution in [3.05, 3.63) is 48.0 Å². The molecule has 2 aliphatic rings. The van der Waals surface area contributed by atoms with Crippen LogP contribution < -0.4 is 10.6 Å². The maximum Gasteiger partial charge on any atom is 0.288 e. The average Bonchev–Trinajstić information content (AvgIpc) is 3.77. The lowest BCUT2D eigenvalue weighted by Gasteiger charge is -2.19. The first kappa shape index (κ1) is 25.2. The number of nitrogens with one attached hydrogen (secondary N) is 2. The van der Waals surface area contributed by atoms with Gasteiger partial charge in [0, 0.05) is 23.2 Å². The number of hydrogen-bond acceptors (Lipinski definition) is 6. The second-order valence-electron chi connectivity index (χ2n) is 11.2. The molecule has 0 spiro atoms. The topological polar surface area (TPSA) is 122 Å². The molecule has 2 atom stereocenters. The van der Waals surface area contributed by atoms with E-state index in [0.29, 0.717) is 34.7 Å². The van der Waals surface area contributed by atoms with E-state index < -0.39 is 5.60 Å². The maximum absolute atomic E-state index is 13.1. The van der Waals surface area contributed by atoms with E-state index >= 15 is 0 Å². The second-order valence-corrected chi connectivity index (χ2v) is 11.2. The Kier molecular flexibility index (Phi) is 6.66. The van der Waals surface area contributed by atoms with Gasteiger partial charge in [-0.3, -0.25) is 14.3 Å². The largest absolute Gasteiger partial charge is 0.431 e. The molecule has 9 heteroatoms. The van der Waals surface area contributed by atoms with Crippen molar-refractivity contribution in [3.8, 4) is 22.7 Å². The van der Waals surface area contributed by atoms with Crippen LogP contribution in [0.4, 0.5) is 0 Å². The molecule has 196 valence electrons. The van der Waals surface area contributed by atoms with E-state index in [1.807, 2.05) is 38.1 Å². The second kappa shape index (κ2) is 9.78. The van der Waals surface area contributed by atoms with Gasteiger partial charge in [0.2, 0.25) is 11.7 Å². The first-order valence-electron chi connectivity index (χ1n) is 13.1. The van der Waals surface area contributed by atoms with Gasteiger partial charge in [0.15, 0.2) is 0 Å². The van der Waals surface area contributed by atoms with E-state index in [0.717, 1.165) is 31.2 Å². The fourth-order valence-corrected chi connectivity index (χ4v) is 4.54. The van der Waals surface area contributed by atoms with Crippen molar-refractivity contribution >= 4 is 11.8 Å². The van der Waals surface area contributed by atoms with Gasteiger partial charge in [0.25, 0.3) is 11.8 Å². The zero-order chi connectivity index (χ0) is 26.3. The molecule has 0 bridgehead atoms. The Morgan fingerprint density at radius 2 is 1.68 bits per heavy atom. The van der Waals surface area contributed by atoms with Crippen molar-refractivity contribution in [1.82, 2.24) is 25.4 Å². The molecule has 2 aromatic heterocycles. The van der Waals surface area contributed by atoms with E-state index in [2.05, 4.69) is 20.7 Å². The lowest BCUT2D eigenvalue weighted by atomic mass is 10.1. The normalized spacial score (nSPS) is 17.3. The summed E-state index contributed by atoms with van der Waals surface area (Å²) in [5.41, 5.74) is 1.40. The van der Waals surface area contributed by atoms with Crippen LogP contribution in [0, 0.1) is 11.8 Å². The summed E-state index contributed by atoms with van der Waals surface area (Å²) in [5.74, 6) is 1.10. The number of amides is 2. The summed E-state index contributed by atoms with van der Waals surface area (Å²) in [7, 11) is 0. The lowest BCUT2D eigenvalue weighted by molar-refractivity contribution is 0.0562. The zero-order valence-electron chi connectivity index (χ0n) is 21.8. The Morgan fingerprint density at radius 3 is 2.30 bits per heavy atom. The fourth-order valence-electron chi connectivity index (χ4n) is 4.54. The van der Waals surface area contributed by atoms with E-state index in [-0.39, 0.29) is 36.2 Å². The number of rotatable bonds is 10. The van der Waals surface area contributed by atoms with E-state index in [1.54, 1.807) is 24.6 Å². The fraction of sp³-hybridized carbons (Fsp3) is 0.500. The molecule has 2 saturated carbocycles. The third-order valence-corrected chi connectivity index (χ3v) is 7.06. The van der Waals surface area contributed by atoms with Gasteiger partial charge in [-0.1, -0.05) is 12.1 Å². The van der Waals surface area contributed by atoms with Gasteiger partial charge >= 0.3 is 0 Å². The van der Waals surface area contributed by atoms with Crippen LogP contribution in [0.3, 0.4) is 0 Å². The summed E-state index contributed by atoms with van der Waals surface area (Å²) in [6, 6.07) is 9.41. The molecular formula is C28H35N5O4. The number of aromatic nitrogens is 3. The number of benzene rings is 1. The molecular weight excluding hydrogens is 470 g/mol. The monoisotopic (exact) mass is 505 g/mol. The van der Waals surface area contributed by atoms with Gasteiger partial charge in [0.05, 0.1) is 24.0 Å². The Hall–Kier alpha value is -3.46. The van der Waals surface area contributed by atoms with Crippen molar-refractivity contribution in [3.63, 3.8) is 0 Å². The summed E-state index contributed by atoms with van der Waals surface area (Å²) in [5, 5.41) is 21.1. The van der Waals surface area contributed by atoms with Gasteiger partial charge in [-0.25, -0.2) is 4.98 Å². The van der Waals surface area contributed by atoms with Crippen molar-refractivity contribution in [1.29, 1.82) is 0 Å². The summed E-state index contributed by atoms with van der Waals surface area (Å²) < 4.78 is 7.34.